The summed E-state index contributed by atoms with van der Waals surface area (Å²) in [5.41, 5.74) is 3.81. The van der Waals surface area contributed by atoms with Gasteiger partial charge in [0.1, 0.15) is 5.82 Å². The monoisotopic (exact) mass is 411 g/mol. The molecule has 1 aliphatic heterocycles. The van der Waals surface area contributed by atoms with E-state index in [1.54, 1.807) is 11.9 Å². The average molecular weight is 411 g/mol. The van der Waals surface area contributed by atoms with Crippen LogP contribution in [0.4, 0.5) is 4.39 Å². The number of nitrogens with zero attached hydrogens (tertiary/aromatic N) is 2. The molecule has 7 nitrogen and oxygen atoms in total. The van der Waals surface area contributed by atoms with Gasteiger partial charge in [-0.25, -0.2) is 4.39 Å². The maximum Gasteiger partial charge on any atom is 0.290 e. The molecule has 1 aromatic heterocycles. The topological polar surface area (TPSA) is 93.7 Å². The van der Waals surface area contributed by atoms with Crippen molar-refractivity contribution in [3.05, 3.63) is 80.9 Å². The SMILES string of the molecule is CN1Cc2ccc(CN(C)C(=O)c3cc(=O)[nH]c4cc(F)ccc34)cc2C1.O=CO. The minimum absolute atomic E-state index is 0.250. The van der Waals surface area contributed by atoms with Gasteiger partial charge in [0, 0.05) is 38.1 Å². The molecule has 2 N–H and O–H groups in total. The summed E-state index contributed by atoms with van der Waals surface area (Å²) in [6.45, 7) is 2.04. The van der Waals surface area contributed by atoms with E-state index in [2.05, 4.69) is 29.1 Å². The predicted octanol–water partition coefficient (Wildman–Crippen LogP) is 2.59. The highest BCUT2D eigenvalue weighted by Gasteiger charge is 2.19. The third-order valence-electron chi connectivity index (χ3n) is 4.95. The Morgan fingerprint density at radius 1 is 1.20 bits per heavy atom. The number of hydrogen-bond acceptors (Lipinski definition) is 4. The molecule has 0 saturated carbocycles. The van der Waals surface area contributed by atoms with Crippen molar-refractivity contribution in [2.24, 2.45) is 0 Å². The molecule has 0 saturated heterocycles. The van der Waals surface area contributed by atoms with Crippen LogP contribution in [0.5, 0.6) is 0 Å². The number of aromatic amines is 1. The molecule has 0 bridgehead atoms. The molecule has 8 heteroatoms. The number of rotatable bonds is 3. The lowest BCUT2D eigenvalue weighted by Gasteiger charge is -2.19. The molecule has 30 heavy (non-hydrogen) atoms. The predicted molar refractivity (Wildman–Crippen MR) is 111 cm³/mol. The van der Waals surface area contributed by atoms with Crippen LogP contribution >= 0.6 is 0 Å². The number of halogens is 1. The van der Waals surface area contributed by atoms with Crippen LogP contribution in [0.1, 0.15) is 27.0 Å². The Balaban J connectivity index is 0.000000806. The van der Waals surface area contributed by atoms with E-state index < -0.39 is 11.4 Å². The van der Waals surface area contributed by atoms with Crippen molar-refractivity contribution in [1.82, 2.24) is 14.8 Å². The minimum atomic E-state index is -0.459. The Morgan fingerprint density at radius 3 is 2.63 bits per heavy atom. The Hall–Kier alpha value is -3.52. The van der Waals surface area contributed by atoms with E-state index in [9.17, 15) is 14.0 Å². The second-order valence-corrected chi connectivity index (χ2v) is 7.28. The third kappa shape index (κ3) is 4.55. The number of benzene rings is 2. The lowest BCUT2D eigenvalue weighted by atomic mass is 10.1. The van der Waals surface area contributed by atoms with Crippen molar-refractivity contribution in [3.63, 3.8) is 0 Å². The fraction of sp³-hybridized carbons (Fsp3) is 0.227. The quantitative estimate of drug-likeness (QED) is 0.646. The first-order valence-corrected chi connectivity index (χ1v) is 9.27. The molecular formula is C22H22FN3O4. The molecule has 0 atom stereocenters. The molecule has 0 radical (unpaired) electrons. The van der Waals surface area contributed by atoms with E-state index in [0.29, 0.717) is 17.4 Å². The maximum atomic E-state index is 13.5. The van der Waals surface area contributed by atoms with E-state index in [0.717, 1.165) is 18.7 Å². The number of nitrogens with one attached hydrogen (secondary N) is 1. The Bertz CT molecular complexity index is 1160. The van der Waals surface area contributed by atoms with Crippen molar-refractivity contribution in [2.75, 3.05) is 14.1 Å². The van der Waals surface area contributed by atoms with Gasteiger partial charge in [0.15, 0.2) is 0 Å². The fourth-order valence-electron chi connectivity index (χ4n) is 3.68. The Kier molecular flexibility index (Phi) is 6.27. The molecule has 0 fully saturated rings. The molecule has 2 heterocycles. The third-order valence-corrected chi connectivity index (χ3v) is 4.95. The van der Waals surface area contributed by atoms with E-state index >= 15 is 0 Å². The Morgan fingerprint density at radius 2 is 1.90 bits per heavy atom. The average Bonchev–Trinajstić information content (AvgIpc) is 3.06. The first-order chi connectivity index (χ1) is 14.3. The van der Waals surface area contributed by atoms with Gasteiger partial charge < -0.3 is 15.0 Å². The van der Waals surface area contributed by atoms with Gasteiger partial charge in [-0.2, -0.15) is 0 Å². The van der Waals surface area contributed by atoms with Crippen molar-refractivity contribution in [1.29, 1.82) is 0 Å². The lowest BCUT2D eigenvalue weighted by Crippen LogP contribution is -2.27. The summed E-state index contributed by atoms with van der Waals surface area (Å²) in [5.74, 6) is -0.727. The summed E-state index contributed by atoms with van der Waals surface area (Å²) in [4.78, 5) is 39.6. The summed E-state index contributed by atoms with van der Waals surface area (Å²) in [7, 11) is 3.79. The van der Waals surface area contributed by atoms with Gasteiger partial charge in [-0.15, -0.1) is 0 Å². The van der Waals surface area contributed by atoms with Gasteiger partial charge in [0.05, 0.1) is 11.1 Å². The number of carbonyl (C=O) groups is 2. The highest BCUT2D eigenvalue weighted by atomic mass is 19.1. The van der Waals surface area contributed by atoms with Gasteiger partial charge in [-0.3, -0.25) is 19.3 Å². The molecule has 1 aliphatic rings. The summed E-state index contributed by atoms with van der Waals surface area (Å²) in [6.07, 6.45) is 0. The van der Waals surface area contributed by atoms with Crippen LogP contribution in [-0.4, -0.2) is 46.4 Å². The van der Waals surface area contributed by atoms with Crippen LogP contribution in [0.25, 0.3) is 10.9 Å². The summed E-state index contributed by atoms with van der Waals surface area (Å²) in [5, 5.41) is 7.42. The number of carbonyl (C=O) groups excluding carboxylic acids is 1. The van der Waals surface area contributed by atoms with E-state index in [1.165, 1.54) is 35.4 Å². The zero-order valence-corrected chi connectivity index (χ0v) is 16.7. The largest absolute Gasteiger partial charge is 0.483 e. The first kappa shape index (κ1) is 21.2. The number of aromatic nitrogens is 1. The minimum Gasteiger partial charge on any atom is -0.483 e. The molecule has 0 spiro atoms. The normalized spacial score (nSPS) is 12.8. The maximum absolute atomic E-state index is 13.5. The van der Waals surface area contributed by atoms with Crippen LogP contribution in [0.2, 0.25) is 0 Å². The van der Waals surface area contributed by atoms with Crippen molar-refractivity contribution >= 4 is 23.3 Å². The molecule has 4 rings (SSSR count). The molecule has 3 aromatic rings. The molecule has 0 aliphatic carbocycles. The van der Waals surface area contributed by atoms with Crippen molar-refractivity contribution in [2.45, 2.75) is 19.6 Å². The van der Waals surface area contributed by atoms with E-state index in [4.69, 9.17) is 9.90 Å². The second kappa shape index (κ2) is 8.87. The number of amides is 1. The summed E-state index contributed by atoms with van der Waals surface area (Å²) >= 11 is 0. The second-order valence-electron chi connectivity index (χ2n) is 7.28. The van der Waals surface area contributed by atoms with Crippen LogP contribution in [0.3, 0.4) is 0 Å². The van der Waals surface area contributed by atoms with Crippen molar-refractivity contribution < 1.29 is 19.1 Å². The summed E-state index contributed by atoms with van der Waals surface area (Å²) < 4.78 is 13.5. The smallest absolute Gasteiger partial charge is 0.290 e. The fourth-order valence-corrected chi connectivity index (χ4v) is 3.68. The molecule has 1 amide bonds. The Labute approximate surface area is 172 Å². The molecule has 2 aromatic carbocycles. The number of pyridine rings is 1. The van der Waals surface area contributed by atoms with Gasteiger partial charge in [0.25, 0.3) is 12.4 Å². The highest BCUT2D eigenvalue weighted by Crippen LogP contribution is 2.23. The zero-order chi connectivity index (χ0) is 21.8. The van der Waals surface area contributed by atoms with Crippen molar-refractivity contribution in [3.8, 4) is 0 Å². The standard InChI is InChI=1S/C21H20FN3O2.CH2O2/c1-24-11-14-4-3-13(7-15(14)12-24)10-25(2)21(27)18-9-20(26)23-19-8-16(22)5-6-17(18)19;2-1-3/h3-9H,10-12H2,1-2H3,(H,23,26);1H,(H,2,3). The van der Waals surface area contributed by atoms with Gasteiger partial charge >= 0.3 is 0 Å². The van der Waals surface area contributed by atoms with Crippen LogP contribution in [-0.2, 0) is 24.4 Å². The number of H-pyrrole nitrogens is 1. The van der Waals surface area contributed by atoms with Crippen LogP contribution in [0, 0.1) is 5.82 Å². The van der Waals surface area contributed by atoms with E-state index in [1.807, 2.05) is 6.07 Å². The highest BCUT2D eigenvalue weighted by molar-refractivity contribution is 6.05. The molecular weight excluding hydrogens is 389 g/mol. The van der Waals surface area contributed by atoms with Gasteiger partial charge in [0.2, 0.25) is 5.56 Å². The first-order valence-electron chi connectivity index (χ1n) is 9.27. The van der Waals surface area contributed by atoms with E-state index in [-0.39, 0.29) is 17.9 Å². The van der Waals surface area contributed by atoms with Crippen LogP contribution < -0.4 is 5.56 Å². The zero-order valence-electron chi connectivity index (χ0n) is 16.7. The van der Waals surface area contributed by atoms with Gasteiger partial charge in [-0.05, 0) is 41.9 Å². The number of hydrogen-bond donors (Lipinski definition) is 2. The van der Waals surface area contributed by atoms with Gasteiger partial charge in [-0.1, -0.05) is 18.2 Å². The molecule has 0 unspecified atom stereocenters. The number of fused-ring (bicyclic) bond motifs is 2. The number of carboxylic acid groups (broad SMARTS) is 1. The van der Waals surface area contributed by atoms with Crippen LogP contribution in [0.15, 0.2) is 47.3 Å². The summed E-state index contributed by atoms with van der Waals surface area (Å²) in [6, 6.07) is 11.6. The lowest BCUT2D eigenvalue weighted by molar-refractivity contribution is -0.122. The molecule has 156 valence electrons.